The van der Waals surface area contributed by atoms with Crippen LogP contribution >= 0.6 is 11.3 Å². The predicted molar refractivity (Wildman–Crippen MR) is 54.7 cm³/mol. The SMILES string of the molecule is [N-]=[N+]=Nc1nc(=O)sc2ccccc12. The Morgan fingerprint density at radius 2 is 2.21 bits per heavy atom. The molecule has 0 aliphatic heterocycles. The largest absolute Gasteiger partial charge is 0.327 e. The van der Waals surface area contributed by atoms with Gasteiger partial charge in [0.25, 0.3) is 0 Å². The first kappa shape index (κ1) is 8.68. The molecule has 0 amide bonds. The van der Waals surface area contributed by atoms with Crippen molar-refractivity contribution in [3.63, 3.8) is 0 Å². The van der Waals surface area contributed by atoms with Crippen LogP contribution in [0.4, 0.5) is 5.82 Å². The first-order valence-electron chi connectivity index (χ1n) is 3.76. The van der Waals surface area contributed by atoms with E-state index in [1.54, 1.807) is 18.2 Å². The van der Waals surface area contributed by atoms with E-state index in [9.17, 15) is 4.79 Å². The van der Waals surface area contributed by atoms with Crippen LogP contribution in [0.2, 0.25) is 0 Å². The maximum absolute atomic E-state index is 11.1. The second-order valence-electron chi connectivity index (χ2n) is 2.49. The molecular formula is C8H4N4OS. The third-order valence-corrected chi connectivity index (χ3v) is 2.50. The molecule has 68 valence electrons. The van der Waals surface area contributed by atoms with Gasteiger partial charge in [-0.05, 0) is 16.7 Å². The minimum atomic E-state index is -0.355. The fourth-order valence-corrected chi connectivity index (χ4v) is 1.86. The van der Waals surface area contributed by atoms with Crippen LogP contribution < -0.4 is 4.87 Å². The number of azide groups is 1. The number of benzene rings is 1. The van der Waals surface area contributed by atoms with Gasteiger partial charge in [-0.2, -0.15) is 4.98 Å². The molecular weight excluding hydrogens is 200 g/mol. The first-order chi connectivity index (χ1) is 6.81. The van der Waals surface area contributed by atoms with E-state index in [0.29, 0.717) is 5.39 Å². The van der Waals surface area contributed by atoms with Gasteiger partial charge >= 0.3 is 4.87 Å². The van der Waals surface area contributed by atoms with Crippen LogP contribution in [-0.2, 0) is 0 Å². The Balaban J connectivity index is 2.93. The van der Waals surface area contributed by atoms with Gasteiger partial charge in [0.05, 0.1) is 0 Å². The summed E-state index contributed by atoms with van der Waals surface area (Å²) in [5.41, 5.74) is 8.29. The van der Waals surface area contributed by atoms with E-state index in [1.807, 2.05) is 6.07 Å². The van der Waals surface area contributed by atoms with Gasteiger partial charge in [-0.3, -0.25) is 4.79 Å². The highest BCUT2D eigenvalue weighted by molar-refractivity contribution is 7.16. The first-order valence-corrected chi connectivity index (χ1v) is 4.58. The van der Waals surface area contributed by atoms with Crippen molar-refractivity contribution in [1.82, 2.24) is 4.98 Å². The molecule has 0 spiro atoms. The Kier molecular flexibility index (Phi) is 2.14. The summed E-state index contributed by atoms with van der Waals surface area (Å²) in [4.78, 5) is 17.0. The van der Waals surface area contributed by atoms with Crippen molar-refractivity contribution in [2.45, 2.75) is 0 Å². The Morgan fingerprint density at radius 3 is 3.00 bits per heavy atom. The third kappa shape index (κ3) is 1.44. The number of aromatic nitrogens is 1. The lowest BCUT2D eigenvalue weighted by Crippen LogP contribution is -1.98. The molecule has 0 aliphatic rings. The van der Waals surface area contributed by atoms with Gasteiger partial charge in [0, 0.05) is 15.0 Å². The maximum Gasteiger partial charge on any atom is 0.327 e. The molecule has 0 saturated heterocycles. The van der Waals surface area contributed by atoms with E-state index in [0.717, 1.165) is 16.0 Å². The molecule has 0 atom stereocenters. The van der Waals surface area contributed by atoms with Crippen molar-refractivity contribution >= 4 is 27.2 Å². The fraction of sp³-hybridized carbons (Fsp3) is 0. The van der Waals surface area contributed by atoms with E-state index >= 15 is 0 Å². The Bertz CT molecular complexity index is 585. The molecule has 0 unspecified atom stereocenters. The summed E-state index contributed by atoms with van der Waals surface area (Å²) in [6.45, 7) is 0. The minimum absolute atomic E-state index is 0.145. The normalized spacial score (nSPS) is 9.71. The predicted octanol–water partition coefficient (Wildman–Crippen LogP) is 2.60. The molecule has 0 aliphatic carbocycles. The molecule has 0 N–H and O–H groups in total. The molecule has 14 heavy (non-hydrogen) atoms. The monoisotopic (exact) mass is 204 g/mol. The van der Waals surface area contributed by atoms with Crippen molar-refractivity contribution in [2.75, 3.05) is 0 Å². The lowest BCUT2D eigenvalue weighted by Gasteiger charge is -1.96. The zero-order valence-corrected chi connectivity index (χ0v) is 7.73. The maximum atomic E-state index is 11.1. The number of rotatable bonds is 1. The van der Waals surface area contributed by atoms with Gasteiger partial charge in [-0.25, -0.2) is 0 Å². The summed E-state index contributed by atoms with van der Waals surface area (Å²) in [6.07, 6.45) is 0. The lowest BCUT2D eigenvalue weighted by molar-refractivity contribution is 1.27. The highest BCUT2D eigenvalue weighted by Crippen LogP contribution is 2.23. The smallest absolute Gasteiger partial charge is 0.255 e. The minimum Gasteiger partial charge on any atom is -0.255 e. The van der Waals surface area contributed by atoms with Crippen LogP contribution in [-0.4, -0.2) is 4.98 Å². The Labute approximate surface area is 82.3 Å². The van der Waals surface area contributed by atoms with E-state index in [-0.39, 0.29) is 10.7 Å². The van der Waals surface area contributed by atoms with Crippen LogP contribution in [0.5, 0.6) is 0 Å². The van der Waals surface area contributed by atoms with Gasteiger partial charge < -0.3 is 0 Å². The topological polar surface area (TPSA) is 78.7 Å². The number of fused-ring (bicyclic) bond motifs is 1. The molecule has 0 fully saturated rings. The Morgan fingerprint density at radius 1 is 1.43 bits per heavy atom. The molecule has 2 aromatic rings. The van der Waals surface area contributed by atoms with Crippen molar-refractivity contribution < 1.29 is 0 Å². The highest BCUT2D eigenvalue weighted by atomic mass is 32.1. The van der Waals surface area contributed by atoms with Gasteiger partial charge in [0.15, 0.2) is 0 Å². The lowest BCUT2D eigenvalue weighted by atomic mass is 10.3. The van der Waals surface area contributed by atoms with E-state index in [2.05, 4.69) is 15.0 Å². The zero-order chi connectivity index (χ0) is 9.97. The zero-order valence-electron chi connectivity index (χ0n) is 6.91. The summed E-state index contributed by atoms with van der Waals surface area (Å²) in [5, 5.41) is 4.08. The van der Waals surface area contributed by atoms with E-state index < -0.39 is 0 Å². The second-order valence-corrected chi connectivity index (χ2v) is 3.48. The number of hydrogen-bond donors (Lipinski definition) is 0. The fourth-order valence-electron chi connectivity index (χ4n) is 1.12. The molecule has 0 saturated carbocycles. The van der Waals surface area contributed by atoms with Crippen LogP contribution in [0.25, 0.3) is 20.5 Å². The molecule has 2 rings (SSSR count). The van der Waals surface area contributed by atoms with Gasteiger partial charge in [0.1, 0.15) is 5.82 Å². The third-order valence-electron chi connectivity index (χ3n) is 1.66. The Hall–Kier alpha value is -1.91. The molecule has 1 aromatic heterocycles. The average molecular weight is 204 g/mol. The summed E-state index contributed by atoms with van der Waals surface area (Å²) < 4.78 is 0.773. The van der Waals surface area contributed by atoms with Gasteiger partial charge in [-0.1, -0.05) is 29.5 Å². The number of hydrogen-bond acceptors (Lipinski definition) is 4. The molecule has 1 aromatic carbocycles. The van der Waals surface area contributed by atoms with Crippen LogP contribution in [0.15, 0.2) is 34.2 Å². The van der Waals surface area contributed by atoms with Crippen molar-refractivity contribution in [2.24, 2.45) is 5.11 Å². The van der Waals surface area contributed by atoms with E-state index in [1.165, 1.54) is 0 Å². The molecule has 1 heterocycles. The quantitative estimate of drug-likeness (QED) is 0.406. The average Bonchev–Trinajstić information content (AvgIpc) is 2.18. The standard InChI is InChI=1S/C8H4N4OS/c9-12-11-7-5-3-1-2-4-6(5)14-8(13)10-7/h1-4H. The number of nitrogens with zero attached hydrogens (tertiary/aromatic N) is 4. The summed E-state index contributed by atoms with van der Waals surface area (Å²) in [6, 6.07) is 7.18. The molecule has 0 radical (unpaired) electrons. The van der Waals surface area contributed by atoms with Crippen LogP contribution in [0, 0.1) is 0 Å². The van der Waals surface area contributed by atoms with Crippen molar-refractivity contribution in [3.05, 3.63) is 44.4 Å². The highest BCUT2D eigenvalue weighted by Gasteiger charge is 2.01. The summed E-state index contributed by atoms with van der Waals surface area (Å²) >= 11 is 1.03. The van der Waals surface area contributed by atoms with Crippen molar-refractivity contribution in [3.8, 4) is 0 Å². The van der Waals surface area contributed by atoms with Crippen LogP contribution in [0.1, 0.15) is 0 Å². The summed E-state index contributed by atoms with van der Waals surface area (Å²) in [7, 11) is 0. The van der Waals surface area contributed by atoms with Gasteiger partial charge in [0.2, 0.25) is 0 Å². The second kappa shape index (κ2) is 3.45. The van der Waals surface area contributed by atoms with Crippen LogP contribution in [0.3, 0.4) is 0 Å². The molecule has 5 nitrogen and oxygen atoms in total. The van der Waals surface area contributed by atoms with Crippen molar-refractivity contribution in [1.29, 1.82) is 0 Å². The molecule has 0 bridgehead atoms. The summed E-state index contributed by atoms with van der Waals surface area (Å²) in [5.74, 6) is 0.145. The van der Waals surface area contributed by atoms with Gasteiger partial charge in [-0.15, -0.1) is 0 Å². The molecule has 6 heteroatoms. The van der Waals surface area contributed by atoms with E-state index in [4.69, 9.17) is 5.53 Å².